The maximum absolute atomic E-state index is 12.3. The van der Waals surface area contributed by atoms with E-state index in [1.54, 1.807) is 11.3 Å². The molecule has 1 aliphatic rings. The van der Waals surface area contributed by atoms with Gasteiger partial charge in [-0.3, -0.25) is 0 Å². The van der Waals surface area contributed by atoms with Crippen molar-refractivity contribution in [1.82, 2.24) is 10.2 Å². The molecule has 4 nitrogen and oxygen atoms in total. The Balaban J connectivity index is 1.80. The summed E-state index contributed by atoms with van der Waals surface area (Å²) in [6, 6.07) is 2.69. The van der Waals surface area contributed by atoms with Crippen LogP contribution < -0.4 is 5.32 Å². The molecular weight excluding hydrogens is 376 g/mol. The first-order valence-corrected chi connectivity index (χ1v) is 9.91. The van der Waals surface area contributed by atoms with Gasteiger partial charge in [0.25, 0.3) is 0 Å². The Morgan fingerprint density at radius 3 is 2.91 bits per heavy atom. The van der Waals surface area contributed by atoms with Gasteiger partial charge in [-0.05, 0) is 80.9 Å². The van der Waals surface area contributed by atoms with Crippen molar-refractivity contribution in [2.45, 2.75) is 64.6 Å². The summed E-state index contributed by atoms with van der Waals surface area (Å²) in [5.74, 6) is 0. The minimum Gasteiger partial charge on any atom is -0.444 e. The van der Waals surface area contributed by atoms with E-state index in [2.05, 4.69) is 39.6 Å². The molecule has 0 spiro atoms. The molecule has 0 aromatic carbocycles. The van der Waals surface area contributed by atoms with Crippen LogP contribution in [0.5, 0.6) is 0 Å². The van der Waals surface area contributed by atoms with Crippen molar-refractivity contribution in [3.8, 4) is 0 Å². The largest absolute Gasteiger partial charge is 0.444 e. The number of nitrogens with one attached hydrogen (secondary N) is 1. The van der Waals surface area contributed by atoms with E-state index < -0.39 is 5.60 Å². The van der Waals surface area contributed by atoms with Gasteiger partial charge in [-0.2, -0.15) is 0 Å². The fourth-order valence-corrected chi connectivity index (χ4v) is 4.62. The van der Waals surface area contributed by atoms with Crippen molar-refractivity contribution in [2.75, 3.05) is 13.1 Å². The molecule has 1 saturated heterocycles. The number of halogens is 1. The van der Waals surface area contributed by atoms with Crippen molar-refractivity contribution in [1.29, 1.82) is 0 Å². The summed E-state index contributed by atoms with van der Waals surface area (Å²) < 4.78 is 6.68. The molecule has 1 aromatic rings. The van der Waals surface area contributed by atoms with Gasteiger partial charge < -0.3 is 15.0 Å². The van der Waals surface area contributed by atoms with E-state index in [-0.39, 0.29) is 12.1 Å². The van der Waals surface area contributed by atoms with Gasteiger partial charge >= 0.3 is 6.09 Å². The van der Waals surface area contributed by atoms with Gasteiger partial charge in [-0.25, -0.2) is 4.79 Å². The van der Waals surface area contributed by atoms with Crippen LogP contribution in [-0.4, -0.2) is 35.7 Å². The summed E-state index contributed by atoms with van der Waals surface area (Å²) in [5.41, 5.74) is -0.428. The van der Waals surface area contributed by atoms with E-state index in [9.17, 15) is 4.79 Å². The van der Waals surface area contributed by atoms with Crippen LogP contribution in [0.3, 0.4) is 0 Å². The molecular formula is C17H27BrN2O2S. The maximum Gasteiger partial charge on any atom is 0.410 e. The van der Waals surface area contributed by atoms with Crippen molar-refractivity contribution in [3.63, 3.8) is 0 Å². The predicted molar refractivity (Wildman–Crippen MR) is 99.0 cm³/mol. The molecule has 1 aliphatic heterocycles. The molecule has 130 valence electrons. The normalized spacial score (nSPS) is 19.9. The molecule has 1 aromatic heterocycles. The lowest BCUT2D eigenvalue weighted by Crippen LogP contribution is -2.41. The highest BCUT2D eigenvalue weighted by atomic mass is 79.9. The van der Waals surface area contributed by atoms with Crippen LogP contribution in [0.2, 0.25) is 0 Å². The lowest BCUT2D eigenvalue weighted by atomic mass is 10.1. The fourth-order valence-electron chi connectivity index (χ4n) is 2.87. The van der Waals surface area contributed by atoms with E-state index in [1.165, 1.54) is 9.35 Å². The van der Waals surface area contributed by atoms with Crippen molar-refractivity contribution in [3.05, 3.63) is 20.8 Å². The SMILES string of the molecule is CC(NCCC1CCCN1C(=O)OC(C)(C)C)c1sccc1Br. The van der Waals surface area contributed by atoms with Crippen LogP contribution in [0, 0.1) is 0 Å². The Labute approximate surface area is 151 Å². The molecule has 23 heavy (non-hydrogen) atoms. The molecule has 0 saturated carbocycles. The average molecular weight is 403 g/mol. The van der Waals surface area contributed by atoms with E-state index >= 15 is 0 Å². The number of thiophene rings is 1. The fraction of sp³-hybridized carbons (Fsp3) is 0.706. The van der Waals surface area contributed by atoms with Gasteiger partial charge in [0.2, 0.25) is 0 Å². The first-order valence-electron chi connectivity index (χ1n) is 8.24. The summed E-state index contributed by atoms with van der Waals surface area (Å²) in [5, 5.41) is 5.66. The van der Waals surface area contributed by atoms with Crippen LogP contribution in [-0.2, 0) is 4.74 Å². The van der Waals surface area contributed by atoms with Crippen molar-refractivity contribution >= 4 is 33.4 Å². The van der Waals surface area contributed by atoms with Gasteiger partial charge in [0.1, 0.15) is 5.60 Å². The molecule has 1 fully saturated rings. The third kappa shape index (κ3) is 5.47. The van der Waals surface area contributed by atoms with Crippen LogP contribution in [0.25, 0.3) is 0 Å². The number of amides is 1. The molecule has 6 heteroatoms. The second kappa shape index (κ2) is 7.99. The molecule has 2 unspecified atom stereocenters. The summed E-state index contributed by atoms with van der Waals surface area (Å²) in [6.45, 7) is 9.63. The zero-order chi connectivity index (χ0) is 17.0. The lowest BCUT2D eigenvalue weighted by molar-refractivity contribution is 0.0220. The number of nitrogens with zero attached hydrogens (tertiary/aromatic N) is 1. The molecule has 1 N–H and O–H groups in total. The van der Waals surface area contributed by atoms with Gasteiger partial charge in [0.15, 0.2) is 0 Å². The van der Waals surface area contributed by atoms with Crippen LogP contribution in [0.15, 0.2) is 15.9 Å². The van der Waals surface area contributed by atoms with Crippen LogP contribution in [0.1, 0.15) is 57.9 Å². The first-order chi connectivity index (χ1) is 10.8. The molecule has 0 aliphatic carbocycles. The highest BCUT2D eigenvalue weighted by Gasteiger charge is 2.31. The monoisotopic (exact) mass is 402 g/mol. The lowest BCUT2D eigenvalue weighted by Gasteiger charge is -2.29. The number of rotatable bonds is 5. The molecule has 2 heterocycles. The number of likely N-dealkylation sites (tertiary alicyclic amines) is 1. The molecule has 1 amide bonds. The molecule has 0 bridgehead atoms. The number of ether oxygens (including phenoxy) is 1. The Morgan fingerprint density at radius 2 is 2.30 bits per heavy atom. The van der Waals surface area contributed by atoms with E-state index in [0.29, 0.717) is 6.04 Å². The number of carbonyl (C=O) groups excluding carboxylic acids is 1. The minimum atomic E-state index is -0.428. The van der Waals surface area contributed by atoms with E-state index in [4.69, 9.17) is 4.74 Å². The first kappa shape index (κ1) is 18.7. The van der Waals surface area contributed by atoms with E-state index in [0.717, 1.165) is 32.4 Å². The maximum atomic E-state index is 12.3. The van der Waals surface area contributed by atoms with Gasteiger partial charge in [0, 0.05) is 28.0 Å². The Kier molecular flexibility index (Phi) is 6.51. The molecule has 0 radical (unpaired) electrons. The Morgan fingerprint density at radius 1 is 1.57 bits per heavy atom. The van der Waals surface area contributed by atoms with Gasteiger partial charge in [0.05, 0.1) is 0 Å². The van der Waals surface area contributed by atoms with Crippen molar-refractivity contribution < 1.29 is 9.53 Å². The van der Waals surface area contributed by atoms with Gasteiger partial charge in [-0.1, -0.05) is 0 Å². The highest BCUT2D eigenvalue weighted by molar-refractivity contribution is 9.10. The third-order valence-electron chi connectivity index (χ3n) is 3.97. The number of hydrogen-bond donors (Lipinski definition) is 1. The summed E-state index contributed by atoms with van der Waals surface area (Å²) >= 11 is 5.34. The third-order valence-corrected chi connectivity index (χ3v) is 6.02. The van der Waals surface area contributed by atoms with Crippen LogP contribution in [0.4, 0.5) is 4.79 Å². The second-order valence-corrected chi connectivity index (χ2v) is 8.87. The topological polar surface area (TPSA) is 41.6 Å². The summed E-state index contributed by atoms with van der Waals surface area (Å²) in [7, 11) is 0. The molecule has 2 rings (SSSR count). The van der Waals surface area contributed by atoms with Gasteiger partial charge in [-0.15, -0.1) is 11.3 Å². The Hall–Kier alpha value is -0.590. The summed E-state index contributed by atoms with van der Waals surface area (Å²) in [6.07, 6.45) is 2.93. The second-order valence-electron chi connectivity index (χ2n) is 7.07. The number of hydrogen-bond acceptors (Lipinski definition) is 4. The highest BCUT2D eigenvalue weighted by Crippen LogP contribution is 2.29. The Bertz CT molecular complexity index is 527. The van der Waals surface area contributed by atoms with Crippen molar-refractivity contribution in [2.24, 2.45) is 0 Å². The number of carbonyl (C=O) groups is 1. The quantitative estimate of drug-likeness (QED) is 0.756. The predicted octanol–water partition coefficient (Wildman–Crippen LogP) is 4.95. The average Bonchev–Trinajstić information content (AvgIpc) is 3.05. The zero-order valence-electron chi connectivity index (χ0n) is 14.4. The zero-order valence-corrected chi connectivity index (χ0v) is 16.8. The minimum absolute atomic E-state index is 0.172. The van der Waals surface area contributed by atoms with E-state index in [1.807, 2.05) is 25.7 Å². The molecule has 2 atom stereocenters. The smallest absolute Gasteiger partial charge is 0.410 e. The van der Waals surface area contributed by atoms with Crippen LogP contribution >= 0.6 is 27.3 Å². The standard InChI is InChI=1S/C17H27BrN2O2S/c1-12(15-14(18)8-11-23-15)19-9-7-13-6-5-10-20(13)16(21)22-17(2,3)4/h8,11-13,19H,5-7,9-10H2,1-4H3. The summed E-state index contributed by atoms with van der Waals surface area (Å²) in [4.78, 5) is 15.5.